The fourth-order valence-electron chi connectivity index (χ4n) is 4.74. The van der Waals surface area contributed by atoms with Crippen molar-refractivity contribution in [2.75, 3.05) is 45.2 Å². The molecule has 35 heavy (non-hydrogen) atoms. The molecule has 2 aliphatic rings. The van der Waals surface area contributed by atoms with Crippen LogP contribution < -0.4 is 5.32 Å². The summed E-state index contributed by atoms with van der Waals surface area (Å²) in [7, 11) is 2.17. The van der Waals surface area contributed by atoms with Crippen LogP contribution in [-0.4, -0.2) is 80.7 Å². The molecule has 2 atom stereocenters. The molecule has 0 aliphatic carbocycles. The Morgan fingerprint density at radius 1 is 1.11 bits per heavy atom. The zero-order valence-electron chi connectivity index (χ0n) is 20.4. The van der Waals surface area contributed by atoms with Crippen LogP contribution in [0.1, 0.15) is 43.6 Å². The molecule has 2 saturated heterocycles. The highest BCUT2D eigenvalue weighted by Crippen LogP contribution is 2.30. The fraction of sp³-hybridized carbons (Fsp3) is 0.520. The van der Waals surface area contributed by atoms with Crippen molar-refractivity contribution >= 4 is 11.6 Å². The summed E-state index contributed by atoms with van der Waals surface area (Å²) in [6.07, 6.45) is 7.75. The molecule has 0 spiro atoms. The Kier molecular flexibility index (Phi) is 7.31. The first-order valence-corrected chi connectivity index (χ1v) is 12.4. The Balaban J connectivity index is 1.24. The minimum atomic E-state index is -0.498. The molecule has 0 aromatic carbocycles. The van der Waals surface area contributed by atoms with Gasteiger partial charge in [-0.2, -0.15) is 0 Å². The molecule has 186 valence electrons. The minimum absolute atomic E-state index is 0.192. The average Bonchev–Trinajstić information content (AvgIpc) is 3.26. The predicted octanol–water partition coefficient (Wildman–Crippen LogP) is 3.56. The van der Waals surface area contributed by atoms with Crippen molar-refractivity contribution < 1.29 is 9.13 Å². The Hall–Kier alpha value is -2.95. The lowest BCUT2D eigenvalue weighted by Gasteiger charge is -2.25. The molecule has 0 saturated carbocycles. The van der Waals surface area contributed by atoms with Gasteiger partial charge in [-0.15, -0.1) is 0 Å². The summed E-state index contributed by atoms with van der Waals surface area (Å²) in [5.41, 5.74) is 2.51. The number of anilines is 2. The molecule has 0 bridgehead atoms. The third kappa shape index (κ3) is 6.01. The second kappa shape index (κ2) is 10.8. The van der Waals surface area contributed by atoms with Crippen LogP contribution in [-0.2, 0) is 11.3 Å². The SMILES string of the molecule is CC1CC(c2ncc(-c3nc(Nc4ccc(CN5CCCN(C)CC5)nc4)ncc3F)[nH]2)CCO1. The number of H-pyrrole nitrogens is 1. The van der Waals surface area contributed by atoms with Gasteiger partial charge in [0.1, 0.15) is 11.5 Å². The maximum absolute atomic E-state index is 14.6. The molecule has 2 unspecified atom stereocenters. The van der Waals surface area contributed by atoms with Crippen molar-refractivity contribution in [3.8, 4) is 11.4 Å². The molecule has 10 heteroatoms. The van der Waals surface area contributed by atoms with E-state index in [2.05, 4.69) is 54.0 Å². The van der Waals surface area contributed by atoms with Gasteiger partial charge in [-0.25, -0.2) is 19.3 Å². The van der Waals surface area contributed by atoms with Gasteiger partial charge in [-0.1, -0.05) is 0 Å². The number of likely N-dealkylation sites (N-methyl/N-ethyl adjacent to an activating group) is 1. The van der Waals surface area contributed by atoms with Crippen molar-refractivity contribution in [1.82, 2.24) is 34.7 Å². The number of pyridine rings is 1. The van der Waals surface area contributed by atoms with E-state index in [0.29, 0.717) is 18.2 Å². The summed E-state index contributed by atoms with van der Waals surface area (Å²) < 4.78 is 20.2. The average molecular weight is 481 g/mol. The van der Waals surface area contributed by atoms with E-state index in [0.717, 1.165) is 62.8 Å². The van der Waals surface area contributed by atoms with Gasteiger partial charge < -0.3 is 19.9 Å². The highest BCUT2D eigenvalue weighted by Gasteiger charge is 2.24. The zero-order valence-corrected chi connectivity index (χ0v) is 20.4. The number of imidazole rings is 1. The number of nitrogens with one attached hydrogen (secondary N) is 2. The minimum Gasteiger partial charge on any atom is -0.378 e. The standard InChI is InChI=1S/C25H33FN8O/c1-17-12-18(6-11-35-17)24-28-15-22(31-24)23-21(26)14-29-25(32-23)30-19-4-5-20(27-13-19)16-34-8-3-7-33(2)9-10-34/h4-5,13-15,17-18H,3,6-12,16H2,1-2H3,(H,28,31)(H,29,30,32). The summed E-state index contributed by atoms with van der Waals surface area (Å²) in [5.74, 6) is 0.929. The van der Waals surface area contributed by atoms with E-state index in [-0.39, 0.29) is 17.7 Å². The van der Waals surface area contributed by atoms with Crippen molar-refractivity contribution in [1.29, 1.82) is 0 Å². The van der Waals surface area contributed by atoms with Gasteiger partial charge in [-0.3, -0.25) is 9.88 Å². The molecule has 0 radical (unpaired) electrons. The lowest BCUT2D eigenvalue weighted by atomic mass is 9.96. The van der Waals surface area contributed by atoms with E-state index < -0.39 is 5.82 Å². The predicted molar refractivity (Wildman–Crippen MR) is 132 cm³/mol. The molecule has 3 aromatic rings. The van der Waals surface area contributed by atoms with E-state index in [1.54, 1.807) is 12.4 Å². The largest absolute Gasteiger partial charge is 0.378 e. The molecule has 5 rings (SSSR count). The number of rotatable bonds is 6. The zero-order chi connectivity index (χ0) is 24.2. The van der Waals surface area contributed by atoms with Crippen molar-refractivity contribution in [3.05, 3.63) is 48.1 Å². The van der Waals surface area contributed by atoms with E-state index >= 15 is 0 Å². The van der Waals surface area contributed by atoms with Crippen LogP contribution in [0.25, 0.3) is 11.4 Å². The number of ether oxygens (including phenoxy) is 1. The summed E-state index contributed by atoms with van der Waals surface area (Å²) >= 11 is 0. The topological polar surface area (TPSA) is 95.1 Å². The van der Waals surface area contributed by atoms with Crippen LogP contribution in [0.15, 0.2) is 30.7 Å². The molecule has 0 amide bonds. The van der Waals surface area contributed by atoms with Crippen LogP contribution in [0, 0.1) is 5.82 Å². The number of aromatic nitrogens is 5. The van der Waals surface area contributed by atoms with E-state index in [9.17, 15) is 4.39 Å². The van der Waals surface area contributed by atoms with Gasteiger partial charge in [-0.05, 0) is 58.5 Å². The molecule has 3 aromatic heterocycles. The van der Waals surface area contributed by atoms with Gasteiger partial charge in [0.25, 0.3) is 0 Å². The third-order valence-electron chi connectivity index (χ3n) is 6.75. The molecular weight excluding hydrogens is 447 g/mol. The third-order valence-corrected chi connectivity index (χ3v) is 6.75. The Labute approximate surface area is 205 Å². The fourth-order valence-corrected chi connectivity index (χ4v) is 4.74. The van der Waals surface area contributed by atoms with E-state index in [1.807, 2.05) is 12.1 Å². The lowest BCUT2D eigenvalue weighted by Crippen LogP contribution is -2.28. The first-order valence-electron chi connectivity index (χ1n) is 12.4. The maximum Gasteiger partial charge on any atom is 0.228 e. The monoisotopic (exact) mass is 480 g/mol. The summed E-state index contributed by atoms with van der Waals surface area (Å²) in [5, 5.41) is 3.14. The van der Waals surface area contributed by atoms with Gasteiger partial charge >= 0.3 is 0 Å². The van der Waals surface area contributed by atoms with Gasteiger partial charge in [0.2, 0.25) is 5.95 Å². The number of nitrogens with zero attached hydrogens (tertiary/aromatic N) is 6. The van der Waals surface area contributed by atoms with Crippen molar-refractivity contribution in [2.45, 2.75) is 44.8 Å². The number of halogens is 1. The number of hydrogen-bond donors (Lipinski definition) is 2. The number of aromatic amines is 1. The van der Waals surface area contributed by atoms with Crippen LogP contribution in [0.5, 0.6) is 0 Å². The van der Waals surface area contributed by atoms with E-state index in [4.69, 9.17) is 4.74 Å². The first kappa shape index (κ1) is 23.8. The molecule has 9 nitrogen and oxygen atoms in total. The maximum atomic E-state index is 14.6. The normalized spacial score (nSPS) is 22.1. The Morgan fingerprint density at radius 3 is 2.86 bits per heavy atom. The highest BCUT2D eigenvalue weighted by molar-refractivity contribution is 5.59. The van der Waals surface area contributed by atoms with Crippen LogP contribution in [0.3, 0.4) is 0 Å². The van der Waals surface area contributed by atoms with Gasteiger partial charge in [0.15, 0.2) is 5.82 Å². The second-order valence-electron chi connectivity index (χ2n) is 9.57. The van der Waals surface area contributed by atoms with Gasteiger partial charge in [0.05, 0.1) is 41.8 Å². The summed E-state index contributed by atoms with van der Waals surface area (Å²) in [6.45, 7) is 7.96. The molecule has 2 fully saturated rings. The van der Waals surface area contributed by atoms with Gasteiger partial charge in [0, 0.05) is 32.2 Å². The highest BCUT2D eigenvalue weighted by atomic mass is 19.1. The molecule has 2 N–H and O–H groups in total. The Bertz CT molecular complexity index is 1120. The van der Waals surface area contributed by atoms with Crippen LogP contribution >= 0.6 is 0 Å². The molecule has 5 heterocycles. The Morgan fingerprint density at radius 2 is 2.03 bits per heavy atom. The summed E-state index contributed by atoms with van der Waals surface area (Å²) in [6, 6.07) is 3.97. The lowest BCUT2D eigenvalue weighted by molar-refractivity contribution is 0.0174. The smallest absolute Gasteiger partial charge is 0.228 e. The van der Waals surface area contributed by atoms with Crippen molar-refractivity contribution in [3.63, 3.8) is 0 Å². The van der Waals surface area contributed by atoms with Crippen LogP contribution in [0.4, 0.5) is 16.0 Å². The summed E-state index contributed by atoms with van der Waals surface area (Å²) in [4.78, 5) is 25.7. The number of hydrogen-bond acceptors (Lipinski definition) is 8. The second-order valence-corrected chi connectivity index (χ2v) is 9.57. The van der Waals surface area contributed by atoms with Crippen molar-refractivity contribution in [2.24, 2.45) is 0 Å². The molecule has 2 aliphatic heterocycles. The van der Waals surface area contributed by atoms with E-state index in [1.165, 1.54) is 12.6 Å². The quantitative estimate of drug-likeness (QED) is 0.553. The first-order chi connectivity index (χ1) is 17.0. The molecular formula is C25H33FN8O. The van der Waals surface area contributed by atoms with Crippen LogP contribution in [0.2, 0.25) is 0 Å².